The van der Waals surface area contributed by atoms with Gasteiger partial charge in [-0.15, -0.1) is 22.7 Å². The van der Waals surface area contributed by atoms with E-state index >= 15 is 0 Å². The molecule has 0 aliphatic heterocycles. The summed E-state index contributed by atoms with van der Waals surface area (Å²) in [6.45, 7) is 0.765. The van der Waals surface area contributed by atoms with Gasteiger partial charge in [0.05, 0.1) is 0 Å². The predicted octanol–water partition coefficient (Wildman–Crippen LogP) is 7.03. The van der Waals surface area contributed by atoms with Crippen LogP contribution in [0.1, 0.15) is 21.9 Å². The second kappa shape index (κ2) is 8.92. The number of alkyl carbamates (subject to hydrolysis) is 1. The molecule has 154 valence electrons. The lowest BCUT2D eigenvalue weighted by atomic mass is 9.98. The van der Waals surface area contributed by atoms with Crippen molar-refractivity contribution < 1.29 is 9.53 Å². The number of carbonyl (C=O) groups is 1. The van der Waals surface area contributed by atoms with Crippen molar-refractivity contribution in [3.63, 3.8) is 0 Å². The monoisotopic (exact) mass is 443 g/mol. The van der Waals surface area contributed by atoms with Crippen LogP contribution in [0.15, 0.2) is 84.3 Å². The highest BCUT2D eigenvalue weighted by molar-refractivity contribution is 7.21. The van der Waals surface area contributed by atoms with Crippen LogP contribution in [-0.4, -0.2) is 19.2 Å². The maximum Gasteiger partial charge on any atom is 0.407 e. The first kappa shape index (κ1) is 19.8. The normalized spacial score (nSPS) is 12.6. The molecule has 0 spiro atoms. The molecule has 2 aromatic carbocycles. The third-order valence-corrected chi connectivity index (χ3v) is 7.50. The van der Waals surface area contributed by atoms with E-state index in [4.69, 9.17) is 4.74 Å². The number of ether oxygens (including phenoxy) is 1. The molecule has 2 heterocycles. The summed E-state index contributed by atoms with van der Waals surface area (Å²) < 4.78 is 5.57. The lowest BCUT2D eigenvalue weighted by Gasteiger charge is -2.14. The Labute approximate surface area is 189 Å². The van der Waals surface area contributed by atoms with Crippen molar-refractivity contribution >= 4 is 34.8 Å². The number of fused-ring (bicyclic) bond motifs is 3. The van der Waals surface area contributed by atoms with Crippen molar-refractivity contribution in [2.24, 2.45) is 0 Å². The van der Waals surface area contributed by atoms with E-state index in [2.05, 4.69) is 71.4 Å². The molecule has 0 saturated carbocycles. The molecule has 5 heteroatoms. The molecule has 5 rings (SSSR count). The second-order valence-electron chi connectivity index (χ2n) is 7.29. The quantitative estimate of drug-likeness (QED) is 0.347. The zero-order chi connectivity index (χ0) is 21.0. The van der Waals surface area contributed by atoms with Crippen molar-refractivity contribution in [2.75, 3.05) is 13.2 Å². The van der Waals surface area contributed by atoms with Gasteiger partial charge in [-0.05, 0) is 51.9 Å². The number of carbonyl (C=O) groups excluding carboxylic acids is 1. The molecule has 2 aromatic heterocycles. The molecule has 1 amide bonds. The van der Waals surface area contributed by atoms with Crippen LogP contribution in [-0.2, 0) is 4.74 Å². The minimum Gasteiger partial charge on any atom is -0.449 e. The predicted molar refractivity (Wildman–Crippen MR) is 130 cm³/mol. The van der Waals surface area contributed by atoms with Crippen LogP contribution in [0.2, 0.25) is 0 Å². The van der Waals surface area contributed by atoms with Crippen molar-refractivity contribution in [1.29, 1.82) is 0 Å². The Morgan fingerprint density at radius 3 is 2.35 bits per heavy atom. The minimum atomic E-state index is -0.392. The van der Waals surface area contributed by atoms with Gasteiger partial charge in [-0.2, -0.15) is 0 Å². The Morgan fingerprint density at radius 2 is 1.65 bits per heavy atom. The highest BCUT2D eigenvalue weighted by Gasteiger charge is 2.28. The molecule has 0 saturated heterocycles. The molecule has 3 nitrogen and oxygen atoms in total. The van der Waals surface area contributed by atoms with Gasteiger partial charge in [-0.1, -0.05) is 60.7 Å². The van der Waals surface area contributed by atoms with Crippen LogP contribution in [0.25, 0.3) is 27.0 Å². The third kappa shape index (κ3) is 4.20. The third-order valence-electron chi connectivity index (χ3n) is 5.38. The number of hydrogen-bond donors (Lipinski definition) is 1. The fraction of sp³-hybridized carbons (Fsp3) is 0.115. The van der Waals surface area contributed by atoms with Crippen LogP contribution >= 0.6 is 22.7 Å². The topological polar surface area (TPSA) is 38.3 Å². The van der Waals surface area contributed by atoms with Crippen LogP contribution in [0.4, 0.5) is 4.79 Å². The van der Waals surface area contributed by atoms with Crippen molar-refractivity contribution in [1.82, 2.24) is 5.32 Å². The fourth-order valence-electron chi connectivity index (χ4n) is 3.96. The first-order chi connectivity index (χ1) is 15.3. The molecule has 0 radical (unpaired) electrons. The van der Waals surface area contributed by atoms with E-state index in [1.807, 2.05) is 24.3 Å². The summed E-state index contributed by atoms with van der Waals surface area (Å²) in [5.74, 6) is 0.0792. The standard InChI is InChI=1S/C26H21NO2S2/c28-26(27-15-5-7-18-13-14-25(31-18)24-12-6-16-30-24)29-17-23-21-10-3-1-8-19(21)20-9-2-4-11-22(20)23/h1-14,16,23H,15,17H2,(H,27,28). The van der Waals surface area contributed by atoms with Gasteiger partial charge in [-0.25, -0.2) is 4.79 Å². The van der Waals surface area contributed by atoms with Crippen molar-refractivity contribution in [2.45, 2.75) is 5.92 Å². The molecule has 0 fully saturated rings. The SMILES string of the molecule is O=C(NCC=Cc1ccc(-c2cccs2)s1)OCC1c2ccccc2-c2ccccc21. The van der Waals surface area contributed by atoms with Crippen LogP contribution in [0.5, 0.6) is 0 Å². The van der Waals surface area contributed by atoms with E-state index in [1.54, 1.807) is 22.7 Å². The summed E-state index contributed by atoms with van der Waals surface area (Å²) in [5, 5.41) is 4.90. The zero-order valence-electron chi connectivity index (χ0n) is 16.8. The minimum absolute atomic E-state index is 0.0792. The largest absolute Gasteiger partial charge is 0.449 e. The Kier molecular flexibility index (Phi) is 5.69. The average molecular weight is 444 g/mol. The number of hydrogen-bond acceptors (Lipinski definition) is 4. The summed E-state index contributed by atoms with van der Waals surface area (Å²) in [6.07, 6.45) is 3.59. The van der Waals surface area contributed by atoms with Crippen molar-refractivity contribution in [3.05, 3.63) is 100 Å². The molecule has 0 unspecified atom stereocenters. The molecule has 1 aliphatic carbocycles. The summed E-state index contributed by atoms with van der Waals surface area (Å²) in [7, 11) is 0. The summed E-state index contributed by atoms with van der Waals surface area (Å²) >= 11 is 3.48. The zero-order valence-corrected chi connectivity index (χ0v) is 18.4. The molecule has 0 bridgehead atoms. The molecular weight excluding hydrogens is 422 g/mol. The maximum absolute atomic E-state index is 12.2. The molecule has 4 aromatic rings. The summed E-state index contributed by atoms with van der Waals surface area (Å²) in [5.41, 5.74) is 4.90. The highest BCUT2D eigenvalue weighted by atomic mass is 32.1. The van der Waals surface area contributed by atoms with Gasteiger partial charge in [0, 0.05) is 27.1 Å². The smallest absolute Gasteiger partial charge is 0.407 e. The number of amides is 1. The van der Waals surface area contributed by atoms with E-state index in [0.717, 1.165) is 4.88 Å². The van der Waals surface area contributed by atoms with Crippen LogP contribution in [0, 0.1) is 0 Å². The Hall–Kier alpha value is -3.15. The van der Waals surface area contributed by atoms with Gasteiger partial charge in [0.1, 0.15) is 6.61 Å². The Balaban J connectivity index is 1.15. The molecule has 1 aliphatic rings. The maximum atomic E-state index is 12.2. The van der Waals surface area contributed by atoms with Gasteiger partial charge in [0.25, 0.3) is 0 Å². The number of nitrogens with one attached hydrogen (secondary N) is 1. The van der Waals surface area contributed by atoms with Gasteiger partial charge in [0.15, 0.2) is 0 Å². The van der Waals surface area contributed by atoms with E-state index in [-0.39, 0.29) is 5.92 Å². The lowest BCUT2D eigenvalue weighted by molar-refractivity contribution is 0.144. The summed E-state index contributed by atoms with van der Waals surface area (Å²) in [4.78, 5) is 15.9. The fourth-order valence-corrected chi connectivity index (χ4v) is 5.73. The van der Waals surface area contributed by atoms with Gasteiger partial charge < -0.3 is 10.1 Å². The van der Waals surface area contributed by atoms with Gasteiger partial charge in [0.2, 0.25) is 0 Å². The molecule has 31 heavy (non-hydrogen) atoms. The first-order valence-corrected chi connectivity index (χ1v) is 11.9. The average Bonchev–Trinajstić information content (AvgIpc) is 3.55. The van der Waals surface area contributed by atoms with E-state index in [1.165, 1.54) is 32.0 Å². The lowest BCUT2D eigenvalue weighted by Crippen LogP contribution is -2.26. The number of rotatable bonds is 6. The molecular formula is C26H21NO2S2. The van der Waals surface area contributed by atoms with Gasteiger partial charge >= 0.3 is 6.09 Å². The first-order valence-electron chi connectivity index (χ1n) is 10.2. The van der Waals surface area contributed by atoms with E-state index in [9.17, 15) is 4.79 Å². The van der Waals surface area contributed by atoms with Crippen molar-refractivity contribution in [3.8, 4) is 20.9 Å². The molecule has 0 atom stereocenters. The Morgan fingerprint density at radius 1 is 0.903 bits per heavy atom. The van der Waals surface area contributed by atoms with Crippen LogP contribution < -0.4 is 5.32 Å². The number of thiophene rings is 2. The Bertz CT molecular complexity index is 1180. The van der Waals surface area contributed by atoms with E-state index < -0.39 is 6.09 Å². The second-order valence-corrected chi connectivity index (χ2v) is 9.35. The van der Waals surface area contributed by atoms with Crippen LogP contribution in [0.3, 0.4) is 0 Å². The number of benzene rings is 2. The molecule has 1 N–H and O–H groups in total. The van der Waals surface area contributed by atoms with Gasteiger partial charge in [-0.3, -0.25) is 0 Å². The summed E-state index contributed by atoms with van der Waals surface area (Å²) in [6, 6.07) is 25.1. The highest BCUT2D eigenvalue weighted by Crippen LogP contribution is 2.44. The van der Waals surface area contributed by atoms with E-state index in [0.29, 0.717) is 13.2 Å².